The van der Waals surface area contributed by atoms with Crippen LogP contribution in [0.25, 0.3) is 0 Å². The van der Waals surface area contributed by atoms with E-state index in [2.05, 4.69) is 0 Å². The van der Waals surface area contributed by atoms with Crippen LogP contribution in [0.5, 0.6) is 5.75 Å². The van der Waals surface area contributed by atoms with E-state index in [9.17, 15) is 0 Å². The Bertz CT molecular complexity index is 299. The summed E-state index contributed by atoms with van der Waals surface area (Å²) in [4.78, 5) is 2.03. The molecule has 1 N–H and O–H groups in total. The molecule has 84 valence electrons. The molecule has 0 aliphatic rings. The molecule has 1 unspecified atom stereocenters. The van der Waals surface area contributed by atoms with E-state index in [1.54, 1.807) is 0 Å². The van der Waals surface area contributed by atoms with Gasteiger partial charge >= 0.3 is 0 Å². The Morgan fingerprint density at radius 3 is 2.73 bits per heavy atom. The van der Waals surface area contributed by atoms with Gasteiger partial charge in [-0.3, -0.25) is 0 Å². The Labute approximate surface area is 91.3 Å². The lowest BCUT2D eigenvalue weighted by atomic mass is 10.2. The Balaban J connectivity index is 2.58. The number of benzene rings is 1. The minimum atomic E-state index is 0.160. The van der Waals surface area contributed by atoms with Crippen LogP contribution < -0.4 is 9.64 Å². The van der Waals surface area contributed by atoms with E-state index in [0.717, 1.165) is 11.4 Å². The molecule has 3 nitrogen and oxygen atoms in total. The lowest BCUT2D eigenvalue weighted by Crippen LogP contribution is -2.13. The summed E-state index contributed by atoms with van der Waals surface area (Å²) < 4.78 is 5.56. The first-order valence-corrected chi connectivity index (χ1v) is 5.14. The summed E-state index contributed by atoms with van der Waals surface area (Å²) in [7, 11) is 3.99. The number of ether oxygens (including phenoxy) is 1. The van der Waals surface area contributed by atoms with Crippen LogP contribution in [0.1, 0.15) is 6.92 Å². The van der Waals surface area contributed by atoms with Gasteiger partial charge in [-0.15, -0.1) is 0 Å². The van der Waals surface area contributed by atoms with Crippen LogP contribution in [-0.4, -0.2) is 32.4 Å². The number of aliphatic hydroxyl groups is 1. The van der Waals surface area contributed by atoms with Crippen molar-refractivity contribution in [3.05, 3.63) is 24.3 Å². The molecule has 0 saturated heterocycles. The monoisotopic (exact) mass is 209 g/mol. The van der Waals surface area contributed by atoms with Crippen LogP contribution in [0, 0.1) is 5.92 Å². The summed E-state index contributed by atoms with van der Waals surface area (Å²) in [6.07, 6.45) is 0. The molecule has 1 aromatic carbocycles. The molecule has 0 saturated carbocycles. The highest BCUT2D eigenvalue weighted by atomic mass is 16.5. The fourth-order valence-electron chi connectivity index (χ4n) is 1.14. The van der Waals surface area contributed by atoms with E-state index in [1.165, 1.54) is 0 Å². The summed E-state index contributed by atoms with van der Waals surface area (Å²) in [5.74, 6) is 1.02. The topological polar surface area (TPSA) is 32.7 Å². The van der Waals surface area contributed by atoms with Crippen molar-refractivity contribution in [2.24, 2.45) is 5.92 Å². The Morgan fingerprint density at radius 2 is 2.13 bits per heavy atom. The average molecular weight is 209 g/mol. The van der Waals surface area contributed by atoms with Gasteiger partial charge in [-0.25, -0.2) is 0 Å². The van der Waals surface area contributed by atoms with Gasteiger partial charge in [0.2, 0.25) is 0 Å². The van der Waals surface area contributed by atoms with Crippen LogP contribution in [0.4, 0.5) is 5.69 Å². The third-order valence-electron chi connectivity index (χ3n) is 2.18. The van der Waals surface area contributed by atoms with E-state index >= 15 is 0 Å². The standard InChI is InChI=1S/C12H19NO2/c1-10(8-14)9-15-12-6-4-5-11(7-12)13(2)3/h4-7,10,14H,8-9H2,1-3H3. The molecule has 0 fully saturated rings. The number of aliphatic hydroxyl groups excluding tert-OH is 1. The predicted octanol–water partition coefficient (Wildman–Crippen LogP) is 1.76. The summed E-state index contributed by atoms with van der Waals surface area (Å²) in [5.41, 5.74) is 1.11. The lowest BCUT2D eigenvalue weighted by molar-refractivity contribution is 0.174. The van der Waals surface area contributed by atoms with Gasteiger partial charge in [0.05, 0.1) is 6.61 Å². The van der Waals surface area contributed by atoms with Crippen molar-refractivity contribution in [2.75, 3.05) is 32.2 Å². The van der Waals surface area contributed by atoms with E-state index in [-0.39, 0.29) is 12.5 Å². The molecule has 0 spiro atoms. The van der Waals surface area contributed by atoms with E-state index < -0.39 is 0 Å². The number of anilines is 1. The van der Waals surface area contributed by atoms with Gasteiger partial charge < -0.3 is 14.7 Å². The Hall–Kier alpha value is -1.22. The van der Waals surface area contributed by atoms with Crippen molar-refractivity contribution >= 4 is 5.69 Å². The van der Waals surface area contributed by atoms with Crippen LogP contribution >= 0.6 is 0 Å². The van der Waals surface area contributed by atoms with Crippen LogP contribution in [0.15, 0.2) is 24.3 Å². The first-order chi connectivity index (χ1) is 7.13. The van der Waals surface area contributed by atoms with Gasteiger partial charge in [0, 0.05) is 38.4 Å². The van der Waals surface area contributed by atoms with Crippen molar-refractivity contribution in [1.82, 2.24) is 0 Å². The summed E-state index contributed by atoms with van der Waals surface area (Å²) >= 11 is 0. The minimum Gasteiger partial charge on any atom is -0.493 e. The Morgan fingerprint density at radius 1 is 1.40 bits per heavy atom. The highest BCUT2D eigenvalue weighted by Crippen LogP contribution is 2.19. The highest BCUT2D eigenvalue weighted by Gasteiger charge is 2.02. The fourth-order valence-corrected chi connectivity index (χ4v) is 1.14. The maximum atomic E-state index is 8.87. The van der Waals surface area contributed by atoms with Crippen molar-refractivity contribution < 1.29 is 9.84 Å². The van der Waals surface area contributed by atoms with Crippen molar-refractivity contribution in [3.8, 4) is 5.75 Å². The molecule has 1 rings (SSSR count). The third-order valence-corrected chi connectivity index (χ3v) is 2.18. The molecule has 0 aliphatic carbocycles. The predicted molar refractivity (Wildman–Crippen MR) is 62.5 cm³/mol. The molecule has 15 heavy (non-hydrogen) atoms. The minimum absolute atomic E-state index is 0.160. The van der Waals surface area contributed by atoms with Gasteiger partial charge in [-0.1, -0.05) is 13.0 Å². The molecular formula is C12H19NO2. The van der Waals surface area contributed by atoms with Gasteiger partial charge in [0.15, 0.2) is 0 Å². The first-order valence-electron chi connectivity index (χ1n) is 5.14. The number of nitrogens with zero attached hydrogens (tertiary/aromatic N) is 1. The zero-order chi connectivity index (χ0) is 11.3. The molecule has 0 bridgehead atoms. The molecule has 3 heteroatoms. The van der Waals surface area contributed by atoms with E-state index in [1.807, 2.05) is 50.2 Å². The number of hydrogen-bond donors (Lipinski definition) is 1. The van der Waals surface area contributed by atoms with Gasteiger partial charge in [0.25, 0.3) is 0 Å². The van der Waals surface area contributed by atoms with Crippen LogP contribution in [0.2, 0.25) is 0 Å². The zero-order valence-electron chi connectivity index (χ0n) is 9.60. The van der Waals surface area contributed by atoms with Crippen LogP contribution in [-0.2, 0) is 0 Å². The molecule has 0 aliphatic heterocycles. The number of rotatable bonds is 5. The fraction of sp³-hybridized carbons (Fsp3) is 0.500. The second kappa shape index (κ2) is 5.61. The maximum absolute atomic E-state index is 8.87. The van der Waals surface area contributed by atoms with Gasteiger partial charge in [-0.2, -0.15) is 0 Å². The number of hydrogen-bond acceptors (Lipinski definition) is 3. The second-order valence-electron chi connectivity index (χ2n) is 3.99. The second-order valence-corrected chi connectivity index (χ2v) is 3.99. The summed E-state index contributed by atoms with van der Waals surface area (Å²) in [5, 5.41) is 8.87. The van der Waals surface area contributed by atoms with Crippen molar-refractivity contribution in [1.29, 1.82) is 0 Å². The third kappa shape index (κ3) is 3.80. The van der Waals surface area contributed by atoms with Gasteiger partial charge in [0.1, 0.15) is 5.75 Å². The molecule has 0 radical (unpaired) electrons. The summed E-state index contributed by atoms with van der Waals surface area (Å²) in [6, 6.07) is 7.91. The molecular weight excluding hydrogens is 190 g/mol. The van der Waals surface area contributed by atoms with Crippen molar-refractivity contribution in [3.63, 3.8) is 0 Å². The van der Waals surface area contributed by atoms with Crippen molar-refractivity contribution in [2.45, 2.75) is 6.92 Å². The largest absolute Gasteiger partial charge is 0.493 e. The van der Waals surface area contributed by atoms with Gasteiger partial charge in [-0.05, 0) is 12.1 Å². The molecule has 0 aromatic heterocycles. The first kappa shape index (κ1) is 11.9. The normalized spacial score (nSPS) is 12.3. The average Bonchev–Trinajstić information content (AvgIpc) is 2.26. The zero-order valence-corrected chi connectivity index (χ0v) is 9.60. The quantitative estimate of drug-likeness (QED) is 0.802. The Kier molecular flexibility index (Phi) is 4.43. The summed E-state index contributed by atoms with van der Waals surface area (Å²) in [6.45, 7) is 2.66. The molecule has 0 amide bonds. The molecule has 0 heterocycles. The maximum Gasteiger partial charge on any atom is 0.121 e. The SMILES string of the molecule is CC(CO)COc1cccc(N(C)C)c1. The highest BCUT2D eigenvalue weighted by molar-refractivity contribution is 5.49. The smallest absolute Gasteiger partial charge is 0.121 e. The molecule has 1 aromatic rings. The van der Waals surface area contributed by atoms with Crippen LogP contribution in [0.3, 0.4) is 0 Å². The lowest BCUT2D eigenvalue weighted by Gasteiger charge is -2.15. The van der Waals surface area contributed by atoms with E-state index in [0.29, 0.717) is 6.61 Å². The van der Waals surface area contributed by atoms with E-state index in [4.69, 9.17) is 9.84 Å². The molecule has 1 atom stereocenters.